The van der Waals surface area contributed by atoms with Crippen molar-refractivity contribution >= 4 is 34.0 Å². The van der Waals surface area contributed by atoms with Crippen molar-refractivity contribution in [2.45, 2.75) is 44.8 Å². The largest absolute Gasteiger partial charge is 0.368 e. The van der Waals surface area contributed by atoms with Gasteiger partial charge in [0.2, 0.25) is 0 Å². The first-order chi connectivity index (χ1) is 14.2. The number of nitrogens with zero attached hydrogens (tertiary/aromatic N) is 2. The van der Waals surface area contributed by atoms with E-state index in [1.54, 1.807) is 24.3 Å². The monoisotopic (exact) mass is 414 g/mol. The SMILES string of the molecule is O=C(Nc1nc(CN2CCCCC2)cs1)c1cccc(NC(=O)C2CCCO2)c1. The molecule has 154 valence electrons. The molecule has 1 aromatic carbocycles. The minimum Gasteiger partial charge on any atom is -0.368 e. The zero-order valence-electron chi connectivity index (χ0n) is 16.4. The molecular weight excluding hydrogens is 388 g/mol. The quantitative estimate of drug-likeness (QED) is 0.756. The lowest BCUT2D eigenvalue weighted by atomic mass is 10.1. The van der Waals surface area contributed by atoms with Gasteiger partial charge in [-0.25, -0.2) is 4.98 Å². The van der Waals surface area contributed by atoms with Gasteiger partial charge in [-0.2, -0.15) is 0 Å². The highest BCUT2D eigenvalue weighted by atomic mass is 32.1. The molecule has 8 heteroatoms. The van der Waals surface area contributed by atoms with Crippen LogP contribution in [0.4, 0.5) is 10.8 Å². The Hall–Kier alpha value is -2.29. The number of hydrogen-bond acceptors (Lipinski definition) is 6. The lowest BCUT2D eigenvalue weighted by Crippen LogP contribution is -2.29. The van der Waals surface area contributed by atoms with Gasteiger partial charge < -0.3 is 10.1 Å². The number of hydrogen-bond donors (Lipinski definition) is 2. The van der Waals surface area contributed by atoms with Crippen molar-refractivity contribution in [3.63, 3.8) is 0 Å². The minimum absolute atomic E-state index is 0.165. The summed E-state index contributed by atoms with van der Waals surface area (Å²) < 4.78 is 5.40. The van der Waals surface area contributed by atoms with Crippen molar-refractivity contribution in [1.29, 1.82) is 0 Å². The third-order valence-electron chi connectivity index (χ3n) is 5.22. The molecule has 0 radical (unpaired) electrons. The van der Waals surface area contributed by atoms with Gasteiger partial charge in [-0.05, 0) is 57.0 Å². The molecule has 3 heterocycles. The van der Waals surface area contributed by atoms with Gasteiger partial charge in [-0.15, -0.1) is 11.3 Å². The molecule has 2 aliphatic heterocycles. The van der Waals surface area contributed by atoms with E-state index in [-0.39, 0.29) is 11.8 Å². The maximum Gasteiger partial charge on any atom is 0.257 e. The predicted octanol–water partition coefficient (Wildman–Crippen LogP) is 3.50. The second-order valence-corrected chi connectivity index (χ2v) is 8.36. The summed E-state index contributed by atoms with van der Waals surface area (Å²) in [6.45, 7) is 3.68. The molecule has 2 aliphatic rings. The molecule has 0 spiro atoms. The number of amides is 2. The Morgan fingerprint density at radius 1 is 1.17 bits per heavy atom. The number of carbonyl (C=O) groups excluding carboxylic acids is 2. The summed E-state index contributed by atoms with van der Waals surface area (Å²) in [5.74, 6) is -0.403. The number of nitrogens with one attached hydrogen (secondary N) is 2. The molecule has 0 aliphatic carbocycles. The fourth-order valence-corrected chi connectivity index (χ4v) is 4.39. The van der Waals surface area contributed by atoms with Crippen molar-refractivity contribution in [1.82, 2.24) is 9.88 Å². The normalized spacial score (nSPS) is 19.8. The number of carbonyl (C=O) groups is 2. The summed E-state index contributed by atoms with van der Waals surface area (Å²) >= 11 is 1.44. The minimum atomic E-state index is -0.402. The van der Waals surface area contributed by atoms with Crippen LogP contribution in [-0.4, -0.2) is 47.5 Å². The zero-order chi connectivity index (χ0) is 20.1. The van der Waals surface area contributed by atoms with E-state index in [4.69, 9.17) is 4.74 Å². The molecule has 0 saturated carbocycles. The van der Waals surface area contributed by atoms with Crippen molar-refractivity contribution in [2.24, 2.45) is 0 Å². The number of ether oxygens (including phenoxy) is 1. The molecule has 1 atom stereocenters. The van der Waals surface area contributed by atoms with Crippen LogP contribution in [0, 0.1) is 0 Å². The lowest BCUT2D eigenvalue weighted by molar-refractivity contribution is -0.124. The molecule has 29 heavy (non-hydrogen) atoms. The van der Waals surface area contributed by atoms with Crippen molar-refractivity contribution in [3.8, 4) is 0 Å². The van der Waals surface area contributed by atoms with Gasteiger partial charge in [0.15, 0.2) is 5.13 Å². The van der Waals surface area contributed by atoms with Crippen LogP contribution in [0.5, 0.6) is 0 Å². The van der Waals surface area contributed by atoms with E-state index in [1.807, 2.05) is 5.38 Å². The van der Waals surface area contributed by atoms with Gasteiger partial charge in [-0.1, -0.05) is 12.5 Å². The van der Waals surface area contributed by atoms with Crippen LogP contribution in [0.2, 0.25) is 0 Å². The summed E-state index contributed by atoms with van der Waals surface area (Å²) in [6.07, 6.45) is 5.02. The number of piperidine rings is 1. The van der Waals surface area contributed by atoms with Crippen LogP contribution in [0.15, 0.2) is 29.6 Å². The maximum atomic E-state index is 12.6. The maximum absolute atomic E-state index is 12.6. The van der Waals surface area contributed by atoms with E-state index in [2.05, 4.69) is 20.5 Å². The lowest BCUT2D eigenvalue weighted by Gasteiger charge is -2.25. The molecule has 2 aromatic rings. The Labute approximate surface area is 174 Å². The van der Waals surface area contributed by atoms with E-state index in [0.29, 0.717) is 23.0 Å². The highest BCUT2D eigenvalue weighted by Gasteiger charge is 2.23. The fraction of sp³-hybridized carbons (Fsp3) is 0.476. The fourth-order valence-electron chi connectivity index (χ4n) is 3.70. The number of thiazole rings is 1. The molecule has 1 unspecified atom stereocenters. The standard InChI is InChI=1S/C21H26N4O3S/c26-19(24-21-23-17(14-29-21)13-25-9-2-1-3-10-25)15-6-4-7-16(12-15)22-20(27)18-8-5-11-28-18/h4,6-7,12,14,18H,1-3,5,8-11,13H2,(H,22,27)(H,23,24,26). The number of benzene rings is 1. The number of anilines is 2. The van der Waals surface area contributed by atoms with Crippen LogP contribution in [-0.2, 0) is 16.1 Å². The van der Waals surface area contributed by atoms with Crippen LogP contribution >= 0.6 is 11.3 Å². The van der Waals surface area contributed by atoms with Crippen molar-refractivity contribution in [2.75, 3.05) is 30.3 Å². The number of rotatable bonds is 6. The average molecular weight is 415 g/mol. The first-order valence-corrected chi connectivity index (χ1v) is 11.1. The Balaban J connectivity index is 1.34. The van der Waals surface area contributed by atoms with Crippen LogP contribution < -0.4 is 10.6 Å². The highest BCUT2D eigenvalue weighted by molar-refractivity contribution is 7.14. The molecule has 7 nitrogen and oxygen atoms in total. The molecule has 0 bridgehead atoms. The Kier molecular flexibility index (Phi) is 6.53. The Morgan fingerprint density at radius 2 is 2.03 bits per heavy atom. The van der Waals surface area contributed by atoms with Crippen molar-refractivity contribution < 1.29 is 14.3 Å². The van der Waals surface area contributed by atoms with Gasteiger partial charge in [0.05, 0.1) is 5.69 Å². The summed E-state index contributed by atoms with van der Waals surface area (Å²) in [6, 6.07) is 6.91. The van der Waals surface area contributed by atoms with E-state index in [0.717, 1.165) is 38.2 Å². The Morgan fingerprint density at radius 3 is 2.83 bits per heavy atom. The van der Waals surface area contributed by atoms with Gasteiger partial charge in [0.25, 0.3) is 11.8 Å². The second-order valence-electron chi connectivity index (χ2n) is 7.51. The summed E-state index contributed by atoms with van der Waals surface area (Å²) in [5.41, 5.74) is 2.05. The van der Waals surface area contributed by atoms with Crippen LogP contribution in [0.25, 0.3) is 0 Å². The molecule has 2 fully saturated rings. The first-order valence-electron chi connectivity index (χ1n) is 10.2. The van der Waals surface area contributed by atoms with Gasteiger partial charge in [0, 0.05) is 29.8 Å². The predicted molar refractivity (Wildman–Crippen MR) is 113 cm³/mol. The average Bonchev–Trinajstić information content (AvgIpc) is 3.41. The molecule has 2 saturated heterocycles. The second kappa shape index (κ2) is 9.47. The molecular formula is C21H26N4O3S. The molecule has 2 N–H and O–H groups in total. The van der Waals surface area contributed by atoms with Gasteiger partial charge >= 0.3 is 0 Å². The van der Waals surface area contributed by atoms with Crippen molar-refractivity contribution in [3.05, 3.63) is 40.9 Å². The van der Waals surface area contributed by atoms with Gasteiger partial charge in [0.1, 0.15) is 6.10 Å². The van der Waals surface area contributed by atoms with Crippen LogP contribution in [0.1, 0.15) is 48.2 Å². The number of aromatic nitrogens is 1. The Bertz CT molecular complexity index is 857. The topological polar surface area (TPSA) is 83.6 Å². The molecule has 2 amide bonds. The first kappa shape index (κ1) is 20.0. The van der Waals surface area contributed by atoms with Crippen LogP contribution in [0.3, 0.4) is 0 Å². The molecule has 1 aromatic heterocycles. The summed E-state index contributed by atoms with van der Waals surface area (Å²) in [4.78, 5) is 31.8. The van der Waals surface area contributed by atoms with E-state index in [1.165, 1.54) is 30.6 Å². The summed E-state index contributed by atoms with van der Waals surface area (Å²) in [7, 11) is 0. The zero-order valence-corrected chi connectivity index (χ0v) is 17.2. The third kappa shape index (κ3) is 5.41. The van der Waals surface area contributed by atoms with E-state index >= 15 is 0 Å². The smallest absolute Gasteiger partial charge is 0.257 e. The number of likely N-dealkylation sites (tertiary alicyclic amines) is 1. The highest BCUT2D eigenvalue weighted by Crippen LogP contribution is 2.21. The van der Waals surface area contributed by atoms with E-state index in [9.17, 15) is 9.59 Å². The molecule has 4 rings (SSSR count). The van der Waals surface area contributed by atoms with Gasteiger partial charge in [-0.3, -0.25) is 19.8 Å². The third-order valence-corrected chi connectivity index (χ3v) is 6.03. The summed E-state index contributed by atoms with van der Waals surface area (Å²) in [5, 5.41) is 8.29. The van der Waals surface area contributed by atoms with E-state index < -0.39 is 6.10 Å².